The summed E-state index contributed by atoms with van der Waals surface area (Å²) in [6.07, 6.45) is 0.328. The van der Waals surface area contributed by atoms with Gasteiger partial charge in [0.1, 0.15) is 11.6 Å². The second-order valence-electron chi connectivity index (χ2n) is 4.89. The lowest BCUT2D eigenvalue weighted by Gasteiger charge is -2.13. The van der Waals surface area contributed by atoms with Crippen LogP contribution in [0.5, 0.6) is 5.75 Å². The van der Waals surface area contributed by atoms with Gasteiger partial charge in [-0.1, -0.05) is 29.8 Å². The van der Waals surface area contributed by atoms with E-state index in [4.69, 9.17) is 4.74 Å². The van der Waals surface area contributed by atoms with Crippen molar-refractivity contribution in [2.45, 2.75) is 19.3 Å². The molecular formula is C17H17FO3. The number of benzene rings is 2. The Bertz CT molecular complexity index is 590. The molecule has 0 aromatic heterocycles. The molecule has 3 nitrogen and oxygen atoms in total. The quantitative estimate of drug-likeness (QED) is 0.880. The zero-order valence-corrected chi connectivity index (χ0v) is 11.8. The summed E-state index contributed by atoms with van der Waals surface area (Å²) in [5, 5.41) is 9.28. The average molecular weight is 288 g/mol. The minimum absolute atomic E-state index is 0.289. The Labute approximate surface area is 123 Å². The molecule has 0 spiro atoms. The molecule has 4 heteroatoms. The first-order chi connectivity index (χ1) is 10.1. The van der Waals surface area contributed by atoms with Crippen LogP contribution >= 0.6 is 0 Å². The Balaban J connectivity index is 1.96. The van der Waals surface area contributed by atoms with Crippen molar-refractivity contribution in [1.29, 1.82) is 0 Å². The van der Waals surface area contributed by atoms with E-state index in [-0.39, 0.29) is 12.4 Å². The van der Waals surface area contributed by atoms with E-state index in [9.17, 15) is 14.3 Å². The van der Waals surface area contributed by atoms with Crippen LogP contribution in [0.25, 0.3) is 0 Å². The van der Waals surface area contributed by atoms with Crippen molar-refractivity contribution in [2.24, 2.45) is 0 Å². The summed E-state index contributed by atoms with van der Waals surface area (Å²) in [6, 6.07) is 13.1. The molecule has 0 radical (unpaired) electrons. The molecule has 2 aromatic rings. The summed E-state index contributed by atoms with van der Waals surface area (Å²) in [5.41, 5.74) is 1.72. The maximum absolute atomic E-state index is 12.9. The van der Waals surface area contributed by atoms with Crippen molar-refractivity contribution in [1.82, 2.24) is 0 Å². The second-order valence-corrected chi connectivity index (χ2v) is 4.89. The highest BCUT2D eigenvalue weighted by molar-refractivity contribution is 5.76. The molecule has 110 valence electrons. The van der Waals surface area contributed by atoms with Gasteiger partial charge in [0.15, 0.2) is 0 Å². The molecule has 2 aromatic carbocycles. The molecule has 0 aliphatic heterocycles. The fourth-order valence-corrected chi connectivity index (χ4v) is 2.06. The standard InChI is InChI=1S/C17H17FO3/c1-12-2-8-15(9-3-12)21-11-10-16(17(19)20)13-4-6-14(18)7-5-13/h2-9,16H,10-11H2,1H3,(H,19,20). The van der Waals surface area contributed by atoms with E-state index in [0.29, 0.717) is 17.7 Å². The van der Waals surface area contributed by atoms with E-state index in [2.05, 4.69) is 0 Å². The Morgan fingerprint density at radius 3 is 2.33 bits per heavy atom. The third-order valence-corrected chi connectivity index (χ3v) is 3.27. The number of rotatable bonds is 6. The van der Waals surface area contributed by atoms with Crippen molar-refractivity contribution >= 4 is 5.97 Å². The van der Waals surface area contributed by atoms with Crippen molar-refractivity contribution in [3.8, 4) is 5.75 Å². The molecule has 0 bridgehead atoms. The van der Waals surface area contributed by atoms with E-state index in [1.54, 1.807) is 0 Å². The fourth-order valence-electron chi connectivity index (χ4n) is 2.06. The van der Waals surface area contributed by atoms with Gasteiger partial charge < -0.3 is 9.84 Å². The molecule has 1 atom stereocenters. The summed E-state index contributed by atoms with van der Waals surface area (Å²) >= 11 is 0. The van der Waals surface area contributed by atoms with E-state index in [0.717, 1.165) is 5.56 Å². The number of halogens is 1. The van der Waals surface area contributed by atoms with E-state index in [1.807, 2.05) is 31.2 Å². The molecule has 2 rings (SSSR count). The van der Waals surface area contributed by atoms with Crippen LogP contribution in [0.4, 0.5) is 4.39 Å². The lowest BCUT2D eigenvalue weighted by Crippen LogP contribution is -2.15. The van der Waals surface area contributed by atoms with Crippen LogP contribution in [0, 0.1) is 12.7 Å². The Morgan fingerprint density at radius 2 is 1.76 bits per heavy atom. The number of aliphatic carboxylic acids is 1. The number of carboxylic acids is 1. The number of carbonyl (C=O) groups is 1. The van der Waals surface area contributed by atoms with Crippen LogP contribution in [0.15, 0.2) is 48.5 Å². The van der Waals surface area contributed by atoms with Gasteiger partial charge in [-0.05, 0) is 43.2 Å². The molecule has 0 aliphatic rings. The first-order valence-corrected chi connectivity index (χ1v) is 6.74. The third-order valence-electron chi connectivity index (χ3n) is 3.27. The summed E-state index contributed by atoms with van der Waals surface area (Å²) < 4.78 is 18.4. The first-order valence-electron chi connectivity index (χ1n) is 6.74. The minimum Gasteiger partial charge on any atom is -0.494 e. The van der Waals surface area contributed by atoms with Gasteiger partial charge in [-0.25, -0.2) is 4.39 Å². The van der Waals surface area contributed by atoms with Gasteiger partial charge in [0.25, 0.3) is 0 Å². The van der Waals surface area contributed by atoms with Gasteiger partial charge in [0.05, 0.1) is 12.5 Å². The van der Waals surface area contributed by atoms with Gasteiger partial charge in [-0.15, -0.1) is 0 Å². The zero-order chi connectivity index (χ0) is 15.2. The number of carboxylic acid groups (broad SMARTS) is 1. The van der Waals surface area contributed by atoms with Crippen LogP contribution < -0.4 is 4.74 Å². The predicted octanol–water partition coefficient (Wildman–Crippen LogP) is 3.77. The van der Waals surface area contributed by atoms with E-state index < -0.39 is 11.9 Å². The molecule has 0 saturated carbocycles. The normalized spacial score (nSPS) is 11.9. The monoisotopic (exact) mass is 288 g/mol. The van der Waals surface area contributed by atoms with Crippen LogP contribution in [-0.4, -0.2) is 17.7 Å². The predicted molar refractivity (Wildman–Crippen MR) is 78.1 cm³/mol. The zero-order valence-electron chi connectivity index (χ0n) is 11.8. The van der Waals surface area contributed by atoms with Gasteiger partial charge in [-0.3, -0.25) is 4.79 Å². The summed E-state index contributed by atoms with van der Waals surface area (Å²) in [5.74, 6) is -1.30. The first kappa shape index (κ1) is 15.0. The topological polar surface area (TPSA) is 46.5 Å². The van der Waals surface area contributed by atoms with Crippen LogP contribution in [-0.2, 0) is 4.79 Å². The Morgan fingerprint density at radius 1 is 1.14 bits per heavy atom. The minimum atomic E-state index is -0.936. The van der Waals surface area contributed by atoms with Gasteiger partial charge in [-0.2, -0.15) is 0 Å². The molecule has 21 heavy (non-hydrogen) atoms. The summed E-state index contributed by atoms with van der Waals surface area (Å²) in [7, 11) is 0. The van der Waals surface area contributed by atoms with Crippen LogP contribution in [0.3, 0.4) is 0 Å². The number of ether oxygens (including phenoxy) is 1. The van der Waals surface area contributed by atoms with E-state index >= 15 is 0 Å². The maximum Gasteiger partial charge on any atom is 0.311 e. The maximum atomic E-state index is 12.9. The Hall–Kier alpha value is -2.36. The van der Waals surface area contributed by atoms with Crippen LogP contribution in [0.2, 0.25) is 0 Å². The largest absolute Gasteiger partial charge is 0.494 e. The summed E-state index contributed by atoms with van der Waals surface area (Å²) in [6.45, 7) is 2.27. The van der Waals surface area contributed by atoms with Gasteiger partial charge >= 0.3 is 5.97 Å². The van der Waals surface area contributed by atoms with Crippen molar-refractivity contribution < 1.29 is 19.0 Å². The molecule has 0 aliphatic carbocycles. The van der Waals surface area contributed by atoms with Gasteiger partial charge in [0, 0.05) is 0 Å². The lowest BCUT2D eigenvalue weighted by molar-refractivity contribution is -0.139. The van der Waals surface area contributed by atoms with Crippen molar-refractivity contribution in [3.05, 3.63) is 65.5 Å². The molecule has 0 fully saturated rings. The molecule has 1 N–H and O–H groups in total. The fraction of sp³-hybridized carbons (Fsp3) is 0.235. The molecule has 0 heterocycles. The van der Waals surface area contributed by atoms with Crippen molar-refractivity contribution in [3.63, 3.8) is 0 Å². The number of hydrogen-bond acceptors (Lipinski definition) is 2. The summed E-state index contributed by atoms with van der Waals surface area (Å²) in [4.78, 5) is 11.3. The Kier molecular flexibility index (Phi) is 4.93. The third kappa shape index (κ3) is 4.31. The highest BCUT2D eigenvalue weighted by Gasteiger charge is 2.19. The average Bonchev–Trinajstić information content (AvgIpc) is 2.46. The van der Waals surface area contributed by atoms with Crippen LogP contribution in [0.1, 0.15) is 23.5 Å². The van der Waals surface area contributed by atoms with Crippen molar-refractivity contribution in [2.75, 3.05) is 6.61 Å². The molecule has 0 amide bonds. The highest BCUT2D eigenvalue weighted by Crippen LogP contribution is 2.21. The smallest absolute Gasteiger partial charge is 0.311 e. The van der Waals surface area contributed by atoms with E-state index in [1.165, 1.54) is 24.3 Å². The molecular weight excluding hydrogens is 271 g/mol. The second kappa shape index (κ2) is 6.88. The highest BCUT2D eigenvalue weighted by atomic mass is 19.1. The molecule has 0 saturated heterocycles. The SMILES string of the molecule is Cc1ccc(OCCC(C(=O)O)c2ccc(F)cc2)cc1. The number of aryl methyl sites for hydroxylation is 1. The van der Waals surface area contributed by atoms with Gasteiger partial charge in [0.2, 0.25) is 0 Å². The lowest BCUT2D eigenvalue weighted by atomic mass is 9.96. The number of hydrogen-bond donors (Lipinski definition) is 1. The molecule has 1 unspecified atom stereocenters.